The van der Waals surface area contributed by atoms with E-state index in [-0.39, 0.29) is 12.1 Å². The van der Waals surface area contributed by atoms with Gasteiger partial charge in [-0.05, 0) is 34.5 Å². The minimum absolute atomic E-state index is 0.239. The molecule has 1 atom stereocenters. The van der Waals surface area contributed by atoms with Crippen LogP contribution in [0.1, 0.15) is 6.42 Å². The molecule has 1 N–H and O–H groups in total. The first-order valence-electron chi connectivity index (χ1n) is 5.40. The number of hydrogen-bond donors (Lipinski definition) is 1. The van der Waals surface area contributed by atoms with Crippen LogP contribution in [-0.2, 0) is 4.74 Å². The maximum Gasteiger partial charge on any atom is 0.409 e. The molecule has 0 saturated carbocycles. The van der Waals surface area contributed by atoms with Gasteiger partial charge in [0.1, 0.15) is 5.82 Å². The van der Waals surface area contributed by atoms with Gasteiger partial charge in [0.2, 0.25) is 0 Å². The summed E-state index contributed by atoms with van der Waals surface area (Å²) in [7, 11) is 1.40. The molecular weight excluding hydrogens is 286 g/mol. The Labute approximate surface area is 108 Å². The summed E-state index contributed by atoms with van der Waals surface area (Å²) in [5.74, 6) is 0.824. The molecule has 2 rings (SSSR count). The van der Waals surface area contributed by atoms with E-state index in [9.17, 15) is 4.79 Å². The van der Waals surface area contributed by atoms with E-state index in [1.807, 2.05) is 12.1 Å². The first kappa shape index (κ1) is 12.2. The summed E-state index contributed by atoms with van der Waals surface area (Å²) in [6.45, 7) is 1.38. The molecule has 1 amide bonds. The van der Waals surface area contributed by atoms with E-state index in [0.29, 0.717) is 6.54 Å². The Morgan fingerprint density at radius 1 is 1.65 bits per heavy atom. The monoisotopic (exact) mass is 299 g/mol. The number of carbonyl (C=O) groups excluding carboxylic acids is 1. The number of amides is 1. The van der Waals surface area contributed by atoms with Gasteiger partial charge in [0, 0.05) is 29.8 Å². The molecule has 5 nitrogen and oxygen atoms in total. The average molecular weight is 300 g/mol. The lowest BCUT2D eigenvalue weighted by molar-refractivity contribution is 0.133. The van der Waals surface area contributed by atoms with Gasteiger partial charge in [-0.3, -0.25) is 0 Å². The first-order valence-corrected chi connectivity index (χ1v) is 6.19. The van der Waals surface area contributed by atoms with Gasteiger partial charge in [-0.2, -0.15) is 0 Å². The summed E-state index contributed by atoms with van der Waals surface area (Å²) in [4.78, 5) is 17.2. The fourth-order valence-corrected chi connectivity index (χ4v) is 2.08. The molecule has 1 aliphatic heterocycles. The largest absolute Gasteiger partial charge is 0.453 e. The zero-order valence-electron chi connectivity index (χ0n) is 9.52. The third-order valence-corrected chi connectivity index (χ3v) is 3.17. The molecule has 0 radical (unpaired) electrons. The van der Waals surface area contributed by atoms with E-state index in [1.54, 1.807) is 11.1 Å². The zero-order valence-corrected chi connectivity index (χ0v) is 11.1. The molecule has 2 heterocycles. The maximum atomic E-state index is 11.3. The number of hydrogen-bond acceptors (Lipinski definition) is 4. The van der Waals surface area contributed by atoms with Crippen molar-refractivity contribution < 1.29 is 9.53 Å². The van der Waals surface area contributed by atoms with Crippen molar-refractivity contribution in [2.45, 2.75) is 12.5 Å². The quantitative estimate of drug-likeness (QED) is 0.909. The molecule has 92 valence electrons. The summed E-state index contributed by atoms with van der Waals surface area (Å²) in [6.07, 6.45) is 2.39. The highest BCUT2D eigenvalue weighted by atomic mass is 79.9. The molecule has 1 aromatic heterocycles. The van der Waals surface area contributed by atoms with Gasteiger partial charge >= 0.3 is 6.09 Å². The fraction of sp³-hybridized carbons (Fsp3) is 0.455. The molecule has 1 aromatic rings. The normalized spacial score (nSPS) is 19.2. The fourth-order valence-electron chi connectivity index (χ4n) is 1.84. The summed E-state index contributed by atoms with van der Waals surface area (Å²) in [5.41, 5.74) is 0. The number of carbonyl (C=O) groups is 1. The van der Waals surface area contributed by atoms with Crippen LogP contribution in [0.2, 0.25) is 0 Å². The molecule has 1 saturated heterocycles. The number of ether oxygens (including phenoxy) is 1. The number of nitrogens with zero attached hydrogens (tertiary/aromatic N) is 2. The van der Waals surface area contributed by atoms with E-state index >= 15 is 0 Å². The molecule has 0 aromatic carbocycles. The van der Waals surface area contributed by atoms with E-state index in [4.69, 9.17) is 0 Å². The number of aromatic nitrogens is 1. The van der Waals surface area contributed by atoms with Crippen LogP contribution >= 0.6 is 15.9 Å². The summed E-state index contributed by atoms with van der Waals surface area (Å²) < 4.78 is 5.64. The van der Waals surface area contributed by atoms with Crippen LogP contribution in [0, 0.1) is 0 Å². The second kappa shape index (κ2) is 5.35. The van der Waals surface area contributed by atoms with Crippen LogP contribution in [0.25, 0.3) is 0 Å². The van der Waals surface area contributed by atoms with E-state index in [0.717, 1.165) is 23.3 Å². The second-order valence-corrected chi connectivity index (χ2v) is 4.82. The number of nitrogens with one attached hydrogen (secondary N) is 1. The lowest BCUT2D eigenvalue weighted by Crippen LogP contribution is -2.31. The lowest BCUT2D eigenvalue weighted by Gasteiger charge is -2.15. The van der Waals surface area contributed by atoms with Crippen molar-refractivity contribution in [3.8, 4) is 0 Å². The SMILES string of the molecule is COC(=O)N1CCC(Nc2ccc(Br)cn2)C1. The van der Waals surface area contributed by atoms with Crippen molar-refractivity contribution in [1.82, 2.24) is 9.88 Å². The smallest absolute Gasteiger partial charge is 0.409 e. The van der Waals surface area contributed by atoms with Crippen molar-refractivity contribution in [2.75, 3.05) is 25.5 Å². The number of halogens is 1. The highest BCUT2D eigenvalue weighted by Crippen LogP contribution is 2.16. The highest BCUT2D eigenvalue weighted by Gasteiger charge is 2.26. The van der Waals surface area contributed by atoms with Gasteiger partial charge in [-0.25, -0.2) is 9.78 Å². The van der Waals surface area contributed by atoms with Crippen molar-refractivity contribution in [3.05, 3.63) is 22.8 Å². The molecule has 6 heteroatoms. The molecular formula is C11H14BrN3O2. The van der Waals surface area contributed by atoms with Crippen molar-refractivity contribution in [3.63, 3.8) is 0 Å². The van der Waals surface area contributed by atoms with Crippen LogP contribution in [-0.4, -0.2) is 42.2 Å². The first-order chi connectivity index (χ1) is 8.19. The number of pyridine rings is 1. The van der Waals surface area contributed by atoms with Gasteiger partial charge in [-0.15, -0.1) is 0 Å². The standard InChI is InChI=1S/C11H14BrN3O2/c1-17-11(16)15-5-4-9(7-15)14-10-3-2-8(12)6-13-10/h2-3,6,9H,4-5,7H2,1H3,(H,13,14). The van der Waals surface area contributed by atoms with E-state index in [1.165, 1.54) is 7.11 Å². The number of methoxy groups -OCH3 is 1. The van der Waals surface area contributed by atoms with Gasteiger partial charge in [0.15, 0.2) is 0 Å². The predicted molar refractivity (Wildman–Crippen MR) is 67.9 cm³/mol. The molecule has 0 bridgehead atoms. The topological polar surface area (TPSA) is 54.5 Å². The zero-order chi connectivity index (χ0) is 12.3. The second-order valence-electron chi connectivity index (χ2n) is 3.91. The Morgan fingerprint density at radius 3 is 3.12 bits per heavy atom. The third-order valence-electron chi connectivity index (χ3n) is 2.70. The van der Waals surface area contributed by atoms with Crippen molar-refractivity contribution in [2.24, 2.45) is 0 Å². The maximum absolute atomic E-state index is 11.3. The van der Waals surface area contributed by atoms with Crippen LogP contribution in [0.5, 0.6) is 0 Å². The Bertz CT molecular complexity index is 396. The molecule has 1 unspecified atom stereocenters. The van der Waals surface area contributed by atoms with Crippen LogP contribution in [0.15, 0.2) is 22.8 Å². The minimum atomic E-state index is -0.266. The Kier molecular flexibility index (Phi) is 3.83. The van der Waals surface area contributed by atoms with Crippen molar-refractivity contribution in [1.29, 1.82) is 0 Å². The van der Waals surface area contributed by atoms with Crippen molar-refractivity contribution >= 4 is 27.8 Å². The van der Waals surface area contributed by atoms with Crippen LogP contribution in [0.3, 0.4) is 0 Å². The summed E-state index contributed by atoms with van der Waals surface area (Å²) in [6, 6.07) is 4.08. The van der Waals surface area contributed by atoms with E-state index in [2.05, 4.69) is 31.0 Å². The number of likely N-dealkylation sites (tertiary alicyclic amines) is 1. The number of anilines is 1. The predicted octanol–water partition coefficient (Wildman–Crippen LogP) is 2.10. The Hall–Kier alpha value is -1.30. The minimum Gasteiger partial charge on any atom is -0.453 e. The van der Waals surface area contributed by atoms with Crippen LogP contribution in [0.4, 0.5) is 10.6 Å². The molecule has 0 spiro atoms. The molecule has 1 fully saturated rings. The summed E-state index contributed by atoms with van der Waals surface area (Å²) in [5, 5.41) is 3.30. The average Bonchev–Trinajstić information content (AvgIpc) is 2.80. The van der Waals surface area contributed by atoms with Crippen LogP contribution < -0.4 is 5.32 Å². The lowest BCUT2D eigenvalue weighted by atomic mass is 10.2. The number of rotatable bonds is 2. The summed E-state index contributed by atoms with van der Waals surface area (Å²) >= 11 is 3.34. The van der Waals surface area contributed by atoms with Gasteiger partial charge < -0.3 is 15.0 Å². The van der Waals surface area contributed by atoms with Gasteiger partial charge in [-0.1, -0.05) is 0 Å². The Morgan fingerprint density at radius 2 is 2.47 bits per heavy atom. The Balaban J connectivity index is 1.89. The molecule has 17 heavy (non-hydrogen) atoms. The third kappa shape index (κ3) is 3.09. The van der Waals surface area contributed by atoms with E-state index < -0.39 is 0 Å². The van der Waals surface area contributed by atoms with Gasteiger partial charge in [0.05, 0.1) is 7.11 Å². The van der Waals surface area contributed by atoms with Gasteiger partial charge in [0.25, 0.3) is 0 Å². The molecule has 0 aliphatic carbocycles. The molecule has 1 aliphatic rings. The highest BCUT2D eigenvalue weighted by molar-refractivity contribution is 9.10.